The molecule has 0 radical (unpaired) electrons. The van der Waals surface area contributed by atoms with Crippen LogP contribution in [0.3, 0.4) is 0 Å². The maximum Gasteiger partial charge on any atom is 0.325 e. The van der Waals surface area contributed by atoms with Crippen molar-refractivity contribution in [3.63, 3.8) is 0 Å². The number of hydrogen-bond acceptors (Lipinski definition) is 4. The number of rotatable bonds is 5. The lowest BCUT2D eigenvalue weighted by Crippen LogP contribution is -2.39. The highest BCUT2D eigenvalue weighted by molar-refractivity contribution is 5.80. The first-order valence-corrected chi connectivity index (χ1v) is 5.67. The monoisotopic (exact) mass is 251 g/mol. The molecule has 0 aliphatic rings. The Morgan fingerprint density at radius 3 is 2.67 bits per heavy atom. The van der Waals surface area contributed by atoms with E-state index in [1.54, 1.807) is 26.4 Å². The van der Waals surface area contributed by atoms with E-state index in [0.717, 1.165) is 5.56 Å². The minimum absolute atomic E-state index is 0.118. The molecule has 0 unspecified atom stereocenters. The number of aromatic nitrogens is 1. The van der Waals surface area contributed by atoms with Crippen molar-refractivity contribution in [1.29, 1.82) is 0 Å². The molecule has 1 N–H and O–H groups in total. The molecular formula is C12H17N3O3. The summed E-state index contributed by atoms with van der Waals surface area (Å²) in [6.45, 7) is 2.36. The summed E-state index contributed by atoms with van der Waals surface area (Å²) in [7, 11) is 1.65. The van der Waals surface area contributed by atoms with Crippen molar-refractivity contribution < 1.29 is 14.3 Å². The SMILES string of the molecule is CCOC(=O)CNC(=O)N(C)Cc1ccncc1. The van der Waals surface area contributed by atoms with Crippen LogP contribution in [-0.4, -0.2) is 42.1 Å². The fraction of sp³-hybridized carbons (Fsp3) is 0.417. The summed E-state index contributed by atoms with van der Waals surface area (Å²) in [4.78, 5) is 28.1. The van der Waals surface area contributed by atoms with Crippen molar-refractivity contribution in [2.75, 3.05) is 20.2 Å². The van der Waals surface area contributed by atoms with Crippen molar-refractivity contribution in [2.24, 2.45) is 0 Å². The predicted octanol–water partition coefficient (Wildman–Crippen LogP) is 0.786. The van der Waals surface area contributed by atoms with E-state index in [0.29, 0.717) is 13.2 Å². The van der Waals surface area contributed by atoms with E-state index in [9.17, 15) is 9.59 Å². The minimum Gasteiger partial charge on any atom is -0.465 e. The number of carbonyl (C=O) groups is 2. The van der Waals surface area contributed by atoms with Gasteiger partial charge in [-0.25, -0.2) is 4.79 Å². The van der Waals surface area contributed by atoms with Gasteiger partial charge in [0, 0.05) is 26.0 Å². The smallest absolute Gasteiger partial charge is 0.325 e. The molecule has 2 amide bonds. The number of nitrogens with one attached hydrogen (secondary N) is 1. The van der Waals surface area contributed by atoms with Crippen LogP contribution in [0, 0.1) is 0 Å². The van der Waals surface area contributed by atoms with Crippen LogP contribution in [0.4, 0.5) is 4.79 Å². The molecule has 6 heteroatoms. The van der Waals surface area contributed by atoms with Crippen LogP contribution in [0.5, 0.6) is 0 Å². The zero-order chi connectivity index (χ0) is 13.4. The Balaban J connectivity index is 2.35. The topological polar surface area (TPSA) is 71.5 Å². The fourth-order valence-electron chi connectivity index (χ4n) is 1.33. The average Bonchev–Trinajstić information content (AvgIpc) is 2.37. The third-order valence-electron chi connectivity index (χ3n) is 2.21. The molecule has 18 heavy (non-hydrogen) atoms. The Bertz CT molecular complexity index is 395. The molecule has 6 nitrogen and oxygen atoms in total. The zero-order valence-corrected chi connectivity index (χ0v) is 10.5. The first kappa shape index (κ1) is 14.0. The van der Waals surface area contributed by atoms with Crippen LogP contribution in [0.2, 0.25) is 0 Å². The van der Waals surface area contributed by atoms with E-state index in [1.807, 2.05) is 12.1 Å². The summed E-state index contributed by atoms with van der Waals surface area (Å²) in [5.74, 6) is -0.442. The van der Waals surface area contributed by atoms with Crippen molar-refractivity contribution in [3.8, 4) is 0 Å². The van der Waals surface area contributed by atoms with Gasteiger partial charge < -0.3 is 15.0 Å². The highest BCUT2D eigenvalue weighted by atomic mass is 16.5. The van der Waals surface area contributed by atoms with Gasteiger partial charge in [-0.2, -0.15) is 0 Å². The number of esters is 1. The van der Waals surface area contributed by atoms with Gasteiger partial charge in [0.1, 0.15) is 6.54 Å². The number of hydrogen-bond donors (Lipinski definition) is 1. The molecule has 0 aliphatic heterocycles. The largest absolute Gasteiger partial charge is 0.465 e. The minimum atomic E-state index is -0.442. The van der Waals surface area contributed by atoms with Gasteiger partial charge in [-0.15, -0.1) is 0 Å². The third-order valence-corrected chi connectivity index (χ3v) is 2.21. The summed E-state index contributed by atoms with van der Waals surface area (Å²) < 4.78 is 4.71. The second kappa shape index (κ2) is 7.26. The highest BCUT2D eigenvalue weighted by Crippen LogP contribution is 2.00. The van der Waals surface area contributed by atoms with Gasteiger partial charge in [-0.3, -0.25) is 9.78 Å². The quantitative estimate of drug-likeness (QED) is 0.785. The molecule has 1 rings (SSSR count). The van der Waals surface area contributed by atoms with E-state index < -0.39 is 5.97 Å². The molecule has 0 fully saturated rings. The Kier molecular flexibility index (Phi) is 5.63. The molecule has 1 aromatic rings. The number of amides is 2. The van der Waals surface area contributed by atoms with Gasteiger partial charge in [0.25, 0.3) is 0 Å². The fourth-order valence-corrected chi connectivity index (χ4v) is 1.33. The summed E-state index contributed by atoms with van der Waals surface area (Å²) in [6.07, 6.45) is 3.33. The zero-order valence-electron chi connectivity index (χ0n) is 10.5. The van der Waals surface area contributed by atoms with Gasteiger partial charge in [0.15, 0.2) is 0 Å². The van der Waals surface area contributed by atoms with Crippen LogP contribution in [0.1, 0.15) is 12.5 Å². The number of carbonyl (C=O) groups excluding carboxylic acids is 2. The first-order chi connectivity index (χ1) is 8.63. The summed E-state index contributed by atoms with van der Waals surface area (Å²) in [5, 5.41) is 2.48. The van der Waals surface area contributed by atoms with Crippen LogP contribution in [0.15, 0.2) is 24.5 Å². The standard InChI is InChI=1S/C12H17N3O3/c1-3-18-11(16)8-14-12(17)15(2)9-10-4-6-13-7-5-10/h4-7H,3,8-9H2,1-2H3,(H,14,17). The van der Waals surface area contributed by atoms with E-state index in [-0.39, 0.29) is 12.6 Å². The second-order valence-electron chi connectivity index (χ2n) is 3.68. The first-order valence-electron chi connectivity index (χ1n) is 5.67. The maximum absolute atomic E-state index is 11.6. The number of pyridine rings is 1. The summed E-state index contributed by atoms with van der Waals surface area (Å²) >= 11 is 0. The lowest BCUT2D eigenvalue weighted by molar-refractivity contribution is -0.141. The van der Waals surface area contributed by atoms with Gasteiger partial charge in [0.2, 0.25) is 0 Å². The summed E-state index contributed by atoms with van der Waals surface area (Å²) in [6, 6.07) is 3.34. The summed E-state index contributed by atoms with van der Waals surface area (Å²) in [5.41, 5.74) is 0.971. The third kappa shape index (κ3) is 4.82. The van der Waals surface area contributed by atoms with Crippen molar-refractivity contribution in [2.45, 2.75) is 13.5 Å². The van der Waals surface area contributed by atoms with Gasteiger partial charge in [-0.05, 0) is 24.6 Å². The lowest BCUT2D eigenvalue weighted by atomic mass is 10.2. The van der Waals surface area contributed by atoms with Crippen molar-refractivity contribution in [3.05, 3.63) is 30.1 Å². The molecule has 0 aromatic carbocycles. The molecule has 0 aliphatic carbocycles. The Morgan fingerprint density at radius 2 is 2.06 bits per heavy atom. The molecule has 0 saturated heterocycles. The Labute approximate surface area is 106 Å². The van der Waals surface area contributed by atoms with Gasteiger partial charge in [-0.1, -0.05) is 0 Å². The van der Waals surface area contributed by atoms with E-state index in [4.69, 9.17) is 4.74 Å². The normalized spacial score (nSPS) is 9.67. The van der Waals surface area contributed by atoms with Crippen LogP contribution in [0.25, 0.3) is 0 Å². The van der Waals surface area contributed by atoms with E-state index in [1.165, 1.54) is 4.90 Å². The van der Waals surface area contributed by atoms with Crippen LogP contribution < -0.4 is 5.32 Å². The molecule has 0 saturated carbocycles. The Hall–Kier alpha value is -2.11. The van der Waals surface area contributed by atoms with Gasteiger partial charge >= 0.3 is 12.0 Å². The van der Waals surface area contributed by atoms with Crippen molar-refractivity contribution >= 4 is 12.0 Å². The molecular weight excluding hydrogens is 234 g/mol. The lowest BCUT2D eigenvalue weighted by Gasteiger charge is -2.17. The second-order valence-corrected chi connectivity index (χ2v) is 3.68. The molecule has 98 valence electrons. The highest BCUT2D eigenvalue weighted by Gasteiger charge is 2.10. The number of nitrogens with zero attached hydrogens (tertiary/aromatic N) is 2. The molecule has 1 aromatic heterocycles. The molecule has 0 bridgehead atoms. The number of urea groups is 1. The van der Waals surface area contributed by atoms with E-state index >= 15 is 0 Å². The maximum atomic E-state index is 11.6. The number of ether oxygens (including phenoxy) is 1. The molecule has 0 spiro atoms. The molecule has 1 heterocycles. The van der Waals surface area contributed by atoms with E-state index in [2.05, 4.69) is 10.3 Å². The van der Waals surface area contributed by atoms with Crippen LogP contribution >= 0.6 is 0 Å². The van der Waals surface area contributed by atoms with Gasteiger partial charge in [0.05, 0.1) is 6.61 Å². The van der Waals surface area contributed by atoms with Crippen molar-refractivity contribution in [1.82, 2.24) is 15.2 Å². The predicted molar refractivity (Wildman–Crippen MR) is 65.7 cm³/mol. The Morgan fingerprint density at radius 1 is 1.39 bits per heavy atom. The van der Waals surface area contributed by atoms with Crippen LogP contribution in [-0.2, 0) is 16.1 Å². The average molecular weight is 251 g/mol. The molecule has 0 atom stereocenters.